The number of carbonyl (C=O) groups excluding carboxylic acids is 4. The Morgan fingerprint density at radius 2 is 1.52 bits per heavy atom. The van der Waals surface area contributed by atoms with Crippen molar-refractivity contribution in [2.45, 2.75) is 38.8 Å². The number of hydrogen-bond acceptors (Lipinski definition) is 6. The van der Waals surface area contributed by atoms with Crippen molar-refractivity contribution >= 4 is 23.6 Å². The number of esters is 1. The van der Waals surface area contributed by atoms with Gasteiger partial charge in [0, 0.05) is 0 Å². The molecule has 8 nitrogen and oxygen atoms in total. The summed E-state index contributed by atoms with van der Waals surface area (Å²) in [6, 6.07) is 16.0. The molecule has 4 N–H and O–H groups in total. The summed E-state index contributed by atoms with van der Waals surface area (Å²) in [6.45, 7) is 3.06. The summed E-state index contributed by atoms with van der Waals surface area (Å²) in [4.78, 5) is 49.2. The lowest BCUT2D eigenvalue weighted by Crippen LogP contribution is -2.53. The molecule has 0 saturated carbocycles. The van der Waals surface area contributed by atoms with Gasteiger partial charge in [0.1, 0.15) is 6.04 Å². The number of Topliss-reactive ketones (excluding diaryl/α,β-unsaturated/α-hetero) is 1. The predicted octanol–water partition coefficient (Wildman–Crippen LogP) is 1.63. The van der Waals surface area contributed by atoms with Crippen LogP contribution in [0.1, 0.15) is 36.2 Å². The summed E-state index contributed by atoms with van der Waals surface area (Å²) in [5, 5.41) is 5.20. The van der Waals surface area contributed by atoms with E-state index in [1.165, 1.54) is 0 Å². The molecule has 2 aromatic rings. The van der Waals surface area contributed by atoms with Gasteiger partial charge in [0.15, 0.2) is 12.4 Å². The Bertz CT molecular complexity index is 932. The Hall–Kier alpha value is -3.52. The number of nitrogens with two attached hydrogens (primary N) is 1. The van der Waals surface area contributed by atoms with Crippen LogP contribution in [0.2, 0.25) is 0 Å². The van der Waals surface area contributed by atoms with Crippen molar-refractivity contribution in [1.82, 2.24) is 10.6 Å². The zero-order chi connectivity index (χ0) is 24.2. The first-order valence-corrected chi connectivity index (χ1v) is 10.9. The summed E-state index contributed by atoms with van der Waals surface area (Å²) in [6.07, 6.45) is 0.723. The molecule has 0 aliphatic rings. The van der Waals surface area contributed by atoms with Gasteiger partial charge in [0.2, 0.25) is 11.8 Å². The van der Waals surface area contributed by atoms with E-state index in [9.17, 15) is 19.2 Å². The minimum Gasteiger partial charge on any atom is -0.454 e. The second-order valence-electron chi connectivity index (χ2n) is 8.19. The highest BCUT2D eigenvalue weighted by Gasteiger charge is 2.25. The van der Waals surface area contributed by atoms with Crippen molar-refractivity contribution in [2.24, 2.45) is 11.7 Å². The molecule has 2 rings (SSSR count). The molecule has 0 spiro atoms. The average molecular weight is 454 g/mol. The monoisotopic (exact) mass is 453 g/mol. The topological polar surface area (TPSA) is 128 Å². The van der Waals surface area contributed by atoms with Crippen LogP contribution in [0.25, 0.3) is 0 Å². The van der Waals surface area contributed by atoms with E-state index in [2.05, 4.69) is 10.6 Å². The van der Waals surface area contributed by atoms with Crippen molar-refractivity contribution in [3.05, 3.63) is 71.8 Å². The first-order valence-electron chi connectivity index (χ1n) is 10.9. The summed E-state index contributed by atoms with van der Waals surface area (Å²) >= 11 is 0. The maximum atomic E-state index is 12.6. The highest BCUT2D eigenvalue weighted by atomic mass is 16.5. The first-order chi connectivity index (χ1) is 15.8. The average Bonchev–Trinajstić information content (AvgIpc) is 2.81. The van der Waals surface area contributed by atoms with Crippen molar-refractivity contribution in [2.75, 3.05) is 13.2 Å². The fourth-order valence-corrected chi connectivity index (χ4v) is 3.11. The summed E-state index contributed by atoms with van der Waals surface area (Å²) < 4.78 is 4.97. The Morgan fingerprint density at radius 3 is 2.12 bits per heavy atom. The predicted molar refractivity (Wildman–Crippen MR) is 124 cm³/mol. The number of rotatable bonds is 12. The molecule has 2 amide bonds. The lowest BCUT2D eigenvalue weighted by Gasteiger charge is -2.22. The van der Waals surface area contributed by atoms with Crippen LogP contribution >= 0.6 is 0 Å². The zero-order valence-corrected chi connectivity index (χ0v) is 19.0. The van der Waals surface area contributed by atoms with Crippen LogP contribution < -0.4 is 16.4 Å². The van der Waals surface area contributed by atoms with Crippen molar-refractivity contribution in [3.8, 4) is 0 Å². The Balaban J connectivity index is 1.84. The quantitative estimate of drug-likeness (QED) is 0.419. The molecule has 0 unspecified atom stereocenters. The SMILES string of the molecule is CC(C)C[C@H](NC(=O)[C@@H](N)Cc1ccccc1)C(=O)NCC(=O)COC(=O)c1ccccc1. The fourth-order valence-electron chi connectivity index (χ4n) is 3.11. The van der Waals surface area contributed by atoms with Crippen LogP contribution in [0.5, 0.6) is 0 Å². The zero-order valence-electron chi connectivity index (χ0n) is 19.0. The van der Waals surface area contributed by atoms with Crippen molar-refractivity contribution in [3.63, 3.8) is 0 Å². The molecular weight excluding hydrogens is 422 g/mol. The van der Waals surface area contributed by atoms with E-state index >= 15 is 0 Å². The summed E-state index contributed by atoms with van der Waals surface area (Å²) in [7, 11) is 0. The number of nitrogens with one attached hydrogen (secondary N) is 2. The van der Waals surface area contributed by atoms with E-state index in [0.717, 1.165) is 5.56 Å². The van der Waals surface area contributed by atoms with Crippen LogP contribution in [0.4, 0.5) is 0 Å². The summed E-state index contributed by atoms with van der Waals surface area (Å²) in [5.74, 6) is -1.90. The largest absolute Gasteiger partial charge is 0.454 e. The third-order valence-corrected chi connectivity index (χ3v) is 4.81. The standard InChI is InChI=1S/C25H31N3O5/c1-17(2)13-22(28-23(30)21(26)14-18-9-5-3-6-10-18)24(31)27-15-20(29)16-33-25(32)19-11-7-4-8-12-19/h3-12,17,21-22H,13-16,26H2,1-2H3,(H,27,31)(H,28,30)/t21-,22-/m0/s1. The Kier molecular flexibility index (Phi) is 10.2. The molecule has 2 atom stereocenters. The summed E-state index contributed by atoms with van der Waals surface area (Å²) in [5.41, 5.74) is 7.27. The van der Waals surface area contributed by atoms with Crippen LogP contribution in [0.3, 0.4) is 0 Å². The number of amides is 2. The minimum atomic E-state index is -0.834. The highest BCUT2D eigenvalue weighted by Crippen LogP contribution is 2.07. The van der Waals surface area contributed by atoms with Gasteiger partial charge in [-0.05, 0) is 36.5 Å². The second-order valence-corrected chi connectivity index (χ2v) is 8.19. The third kappa shape index (κ3) is 9.24. The van der Waals surface area contributed by atoms with E-state index in [1.54, 1.807) is 30.3 Å². The number of benzene rings is 2. The molecule has 0 saturated heterocycles. The van der Waals surface area contributed by atoms with Gasteiger partial charge in [-0.15, -0.1) is 0 Å². The van der Waals surface area contributed by atoms with Crippen molar-refractivity contribution < 1.29 is 23.9 Å². The molecule has 0 bridgehead atoms. The van der Waals surface area contributed by atoms with Crippen molar-refractivity contribution in [1.29, 1.82) is 0 Å². The molecule has 0 aromatic heterocycles. The van der Waals surface area contributed by atoms with E-state index in [4.69, 9.17) is 10.5 Å². The fraction of sp³-hybridized carbons (Fsp3) is 0.360. The first kappa shape index (κ1) is 25.7. The van der Waals surface area contributed by atoms with Gasteiger partial charge in [-0.2, -0.15) is 0 Å². The molecule has 0 heterocycles. The third-order valence-electron chi connectivity index (χ3n) is 4.81. The van der Waals surface area contributed by atoms with Gasteiger partial charge in [-0.25, -0.2) is 4.79 Å². The van der Waals surface area contributed by atoms with Crippen LogP contribution in [0.15, 0.2) is 60.7 Å². The molecule has 8 heteroatoms. The lowest BCUT2D eigenvalue weighted by atomic mass is 10.0. The molecule has 2 aromatic carbocycles. The number of ether oxygens (including phenoxy) is 1. The smallest absolute Gasteiger partial charge is 0.338 e. The Labute approximate surface area is 193 Å². The van der Waals surface area contributed by atoms with Gasteiger partial charge in [0.25, 0.3) is 0 Å². The lowest BCUT2D eigenvalue weighted by molar-refractivity contribution is -0.131. The molecular formula is C25H31N3O5. The van der Waals surface area contributed by atoms with Crippen LogP contribution in [-0.4, -0.2) is 48.8 Å². The van der Waals surface area contributed by atoms with E-state index in [0.29, 0.717) is 18.4 Å². The van der Waals surface area contributed by atoms with Gasteiger partial charge in [0.05, 0.1) is 18.2 Å². The second kappa shape index (κ2) is 13.1. The molecule has 33 heavy (non-hydrogen) atoms. The van der Waals surface area contributed by atoms with Crippen LogP contribution in [0, 0.1) is 5.92 Å². The number of carbonyl (C=O) groups is 4. The Morgan fingerprint density at radius 1 is 0.909 bits per heavy atom. The number of hydrogen-bond donors (Lipinski definition) is 3. The van der Waals surface area contributed by atoms with Gasteiger partial charge in [-0.3, -0.25) is 14.4 Å². The molecule has 0 radical (unpaired) electrons. The van der Waals surface area contributed by atoms with Gasteiger partial charge >= 0.3 is 5.97 Å². The number of ketones is 1. The molecule has 0 aliphatic carbocycles. The van der Waals surface area contributed by atoms with E-state index in [-0.39, 0.29) is 12.5 Å². The highest BCUT2D eigenvalue weighted by molar-refractivity contribution is 5.94. The maximum Gasteiger partial charge on any atom is 0.338 e. The maximum absolute atomic E-state index is 12.6. The molecule has 176 valence electrons. The van der Waals surface area contributed by atoms with E-state index < -0.39 is 42.3 Å². The normalized spacial score (nSPS) is 12.5. The van der Waals surface area contributed by atoms with Gasteiger partial charge < -0.3 is 21.1 Å². The minimum absolute atomic E-state index is 0.119. The van der Waals surface area contributed by atoms with Crippen LogP contribution in [-0.2, 0) is 25.5 Å². The molecule has 0 aliphatic heterocycles. The van der Waals surface area contributed by atoms with E-state index in [1.807, 2.05) is 44.2 Å². The molecule has 0 fully saturated rings. The van der Waals surface area contributed by atoms with Gasteiger partial charge in [-0.1, -0.05) is 62.4 Å².